The van der Waals surface area contributed by atoms with Gasteiger partial charge >= 0.3 is 0 Å². The van der Waals surface area contributed by atoms with Gasteiger partial charge in [0.2, 0.25) is 0 Å². The standard InChI is InChI=1S/C15H33NO2/c1-13(2,3)11-15(7,8)16-9-12(17)10-18-14(4,5)6/h12,16-17H,9-11H2,1-8H3/t12-/m0/s1. The molecule has 0 aromatic carbocycles. The molecule has 2 N–H and O–H groups in total. The van der Waals surface area contributed by atoms with E-state index in [0.29, 0.717) is 13.2 Å². The lowest BCUT2D eigenvalue weighted by atomic mass is 9.82. The zero-order valence-corrected chi connectivity index (χ0v) is 13.6. The molecule has 3 nitrogen and oxygen atoms in total. The summed E-state index contributed by atoms with van der Waals surface area (Å²) in [5, 5.41) is 13.3. The Kier molecular flexibility index (Phi) is 6.31. The second kappa shape index (κ2) is 6.36. The zero-order chi connectivity index (χ0) is 14.6. The summed E-state index contributed by atoms with van der Waals surface area (Å²) in [6.45, 7) is 18.0. The molecule has 0 aliphatic rings. The maximum absolute atomic E-state index is 9.89. The van der Waals surface area contributed by atoms with E-state index in [2.05, 4.69) is 39.9 Å². The van der Waals surface area contributed by atoms with Crippen molar-refractivity contribution < 1.29 is 9.84 Å². The SMILES string of the molecule is CC(C)(C)CC(C)(C)NC[C@H](O)COC(C)(C)C. The zero-order valence-electron chi connectivity index (χ0n) is 13.6. The highest BCUT2D eigenvalue weighted by Gasteiger charge is 2.25. The first kappa shape index (κ1) is 17.9. The van der Waals surface area contributed by atoms with Crippen molar-refractivity contribution in [2.75, 3.05) is 13.2 Å². The minimum absolute atomic E-state index is 0.0287. The molecule has 0 aromatic heterocycles. The van der Waals surface area contributed by atoms with Gasteiger partial charge in [-0.1, -0.05) is 20.8 Å². The molecule has 0 fully saturated rings. The molecule has 110 valence electrons. The van der Waals surface area contributed by atoms with Crippen LogP contribution in [-0.4, -0.2) is 35.5 Å². The molecule has 0 heterocycles. The first-order chi connectivity index (χ1) is 7.81. The maximum atomic E-state index is 9.89. The summed E-state index contributed by atoms with van der Waals surface area (Å²) in [4.78, 5) is 0. The van der Waals surface area contributed by atoms with Crippen LogP contribution in [0.15, 0.2) is 0 Å². The smallest absolute Gasteiger partial charge is 0.0898 e. The predicted octanol–water partition coefficient (Wildman–Crippen LogP) is 2.97. The summed E-state index contributed by atoms with van der Waals surface area (Å²) < 4.78 is 5.57. The fourth-order valence-electron chi connectivity index (χ4n) is 2.19. The number of aliphatic hydroxyl groups is 1. The van der Waals surface area contributed by atoms with Crippen LogP contribution in [0.3, 0.4) is 0 Å². The van der Waals surface area contributed by atoms with Gasteiger partial charge in [0.1, 0.15) is 0 Å². The lowest BCUT2D eigenvalue weighted by Crippen LogP contribution is -2.46. The number of ether oxygens (including phenoxy) is 1. The van der Waals surface area contributed by atoms with Crippen molar-refractivity contribution >= 4 is 0 Å². The van der Waals surface area contributed by atoms with E-state index in [0.717, 1.165) is 6.42 Å². The Labute approximate surface area is 113 Å². The van der Waals surface area contributed by atoms with E-state index < -0.39 is 6.10 Å². The van der Waals surface area contributed by atoms with E-state index in [1.54, 1.807) is 0 Å². The Morgan fingerprint density at radius 1 is 1.00 bits per heavy atom. The summed E-state index contributed by atoms with van der Waals surface area (Å²) in [6.07, 6.45) is 0.607. The van der Waals surface area contributed by atoms with Crippen LogP contribution in [0.5, 0.6) is 0 Å². The maximum Gasteiger partial charge on any atom is 0.0898 e. The number of rotatable bonds is 6. The van der Waals surface area contributed by atoms with Crippen molar-refractivity contribution in [3.63, 3.8) is 0 Å². The summed E-state index contributed by atoms with van der Waals surface area (Å²) in [5.74, 6) is 0. The van der Waals surface area contributed by atoms with Crippen molar-refractivity contribution in [1.82, 2.24) is 5.32 Å². The largest absolute Gasteiger partial charge is 0.389 e. The van der Waals surface area contributed by atoms with Crippen molar-refractivity contribution in [3.05, 3.63) is 0 Å². The van der Waals surface area contributed by atoms with E-state index in [1.165, 1.54) is 0 Å². The molecule has 0 unspecified atom stereocenters. The molecule has 0 aromatic rings. The lowest BCUT2D eigenvalue weighted by Gasteiger charge is -2.34. The Morgan fingerprint density at radius 3 is 1.89 bits per heavy atom. The molecular weight excluding hydrogens is 226 g/mol. The van der Waals surface area contributed by atoms with Gasteiger partial charge in [0.15, 0.2) is 0 Å². The molecule has 1 atom stereocenters. The second-order valence-electron chi connectivity index (χ2n) is 8.08. The van der Waals surface area contributed by atoms with Gasteiger partial charge in [-0.15, -0.1) is 0 Å². The van der Waals surface area contributed by atoms with Gasteiger partial charge in [0, 0.05) is 12.1 Å². The number of aliphatic hydroxyl groups excluding tert-OH is 1. The van der Waals surface area contributed by atoms with Gasteiger partial charge in [-0.3, -0.25) is 0 Å². The van der Waals surface area contributed by atoms with Gasteiger partial charge in [-0.25, -0.2) is 0 Å². The Morgan fingerprint density at radius 2 is 1.50 bits per heavy atom. The molecule has 0 aliphatic heterocycles. The molecule has 3 heteroatoms. The van der Waals surface area contributed by atoms with Gasteiger partial charge in [0.05, 0.1) is 18.3 Å². The average molecular weight is 259 g/mol. The normalized spacial score (nSPS) is 15.8. The molecule has 0 saturated heterocycles. The summed E-state index contributed by atoms with van der Waals surface area (Å²) in [7, 11) is 0. The number of nitrogens with one attached hydrogen (secondary N) is 1. The van der Waals surface area contributed by atoms with Gasteiger partial charge in [-0.2, -0.15) is 0 Å². The van der Waals surface area contributed by atoms with Crippen molar-refractivity contribution in [3.8, 4) is 0 Å². The van der Waals surface area contributed by atoms with Gasteiger partial charge < -0.3 is 15.2 Å². The summed E-state index contributed by atoms with van der Waals surface area (Å²) in [6, 6.07) is 0. The van der Waals surface area contributed by atoms with Crippen LogP contribution >= 0.6 is 0 Å². The highest BCUT2D eigenvalue weighted by Crippen LogP contribution is 2.26. The van der Waals surface area contributed by atoms with Crippen molar-refractivity contribution in [2.24, 2.45) is 5.41 Å². The minimum Gasteiger partial charge on any atom is -0.389 e. The fraction of sp³-hybridized carbons (Fsp3) is 1.00. The van der Waals surface area contributed by atoms with E-state index in [4.69, 9.17) is 4.74 Å². The lowest BCUT2D eigenvalue weighted by molar-refractivity contribution is -0.0494. The first-order valence-corrected chi connectivity index (χ1v) is 6.88. The molecule has 0 aliphatic carbocycles. The van der Waals surface area contributed by atoms with Gasteiger partial charge in [0.25, 0.3) is 0 Å². The number of hydrogen-bond acceptors (Lipinski definition) is 3. The molecule has 0 amide bonds. The quantitative estimate of drug-likeness (QED) is 0.770. The average Bonchev–Trinajstić information content (AvgIpc) is 2.06. The number of β-amino-alcohol motifs (C(OH)–C–C–N with tert-alkyl or cyclic N) is 1. The van der Waals surface area contributed by atoms with Crippen LogP contribution in [0.2, 0.25) is 0 Å². The third kappa shape index (κ3) is 11.0. The third-order valence-electron chi connectivity index (χ3n) is 2.50. The van der Waals surface area contributed by atoms with E-state index in [1.807, 2.05) is 20.8 Å². The first-order valence-electron chi connectivity index (χ1n) is 6.88. The third-order valence-corrected chi connectivity index (χ3v) is 2.50. The highest BCUT2D eigenvalue weighted by molar-refractivity contribution is 4.84. The van der Waals surface area contributed by atoms with Crippen molar-refractivity contribution in [1.29, 1.82) is 0 Å². The topological polar surface area (TPSA) is 41.5 Å². The van der Waals surface area contributed by atoms with Crippen LogP contribution in [0.4, 0.5) is 0 Å². The Hall–Kier alpha value is -0.120. The fourth-order valence-corrected chi connectivity index (χ4v) is 2.19. The number of hydrogen-bond donors (Lipinski definition) is 2. The molecule has 0 radical (unpaired) electrons. The van der Waals surface area contributed by atoms with E-state index >= 15 is 0 Å². The Balaban J connectivity index is 4.01. The van der Waals surface area contributed by atoms with Crippen LogP contribution in [0.25, 0.3) is 0 Å². The minimum atomic E-state index is -0.455. The molecule has 18 heavy (non-hydrogen) atoms. The Bertz CT molecular complexity index is 236. The molecule has 0 spiro atoms. The van der Waals surface area contributed by atoms with Gasteiger partial charge in [-0.05, 0) is 46.5 Å². The predicted molar refractivity (Wildman–Crippen MR) is 77.9 cm³/mol. The molecule has 0 saturated carbocycles. The highest BCUT2D eigenvalue weighted by atomic mass is 16.5. The van der Waals surface area contributed by atoms with E-state index in [9.17, 15) is 5.11 Å². The molecule has 0 bridgehead atoms. The van der Waals surface area contributed by atoms with Crippen LogP contribution < -0.4 is 5.32 Å². The monoisotopic (exact) mass is 259 g/mol. The van der Waals surface area contributed by atoms with E-state index in [-0.39, 0.29) is 16.6 Å². The van der Waals surface area contributed by atoms with Crippen molar-refractivity contribution in [2.45, 2.75) is 79.1 Å². The van der Waals surface area contributed by atoms with Crippen LogP contribution in [0, 0.1) is 5.41 Å². The molecule has 0 rings (SSSR count). The van der Waals surface area contributed by atoms with Crippen LogP contribution in [-0.2, 0) is 4.74 Å². The summed E-state index contributed by atoms with van der Waals surface area (Å²) in [5.41, 5.74) is 0.117. The van der Waals surface area contributed by atoms with Crippen LogP contribution in [0.1, 0.15) is 61.8 Å². The molecular formula is C15H33NO2. The summed E-state index contributed by atoms with van der Waals surface area (Å²) >= 11 is 0. The second-order valence-corrected chi connectivity index (χ2v) is 8.08.